The third kappa shape index (κ3) is 3.22. The van der Waals surface area contributed by atoms with E-state index in [4.69, 9.17) is 14.6 Å². The van der Waals surface area contributed by atoms with E-state index < -0.39 is 5.97 Å². The van der Waals surface area contributed by atoms with Crippen molar-refractivity contribution >= 4 is 11.8 Å². The minimum Gasteiger partial charge on any atom is -0.486 e. The molecule has 0 aromatic heterocycles. The third-order valence-corrected chi connectivity index (χ3v) is 4.09. The van der Waals surface area contributed by atoms with Crippen molar-refractivity contribution in [2.24, 2.45) is 5.92 Å². The van der Waals surface area contributed by atoms with Gasteiger partial charge >= 0.3 is 5.97 Å². The summed E-state index contributed by atoms with van der Waals surface area (Å²) < 4.78 is 10.9. The quantitative estimate of drug-likeness (QED) is 0.848. The van der Waals surface area contributed by atoms with Gasteiger partial charge in [-0.3, -0.25) is 14.5 Å². The Morgan fingerprint density at radius 3 is 2.77 bits per heavy atom. The summed E-state index contributed by atoms with van der Waals surface area (Å²) in [7, 11) is 0. The zero-order chi connectivity index (χ0) is 15.5. The highest BCUT2D eigenvalue weighted by atomic mass is 16.6. The standard InChI is InChI=1S/C16H19NO5/c18-13(10-17-5-1-2-12(9-17)16(19)20)11-3-4-14-15(8-11)22-7-6-21-14/h3-4,8,12H,1-2,5-7,9-10H2,(H,19,20). The number of ether oxygens (including phenoxy) is 2. The summed E-state index contributed by atoms with van der Waals surface area (Å²) in [4.78, 5) is 25.4. The molecule has 22 heavy (non-hydrogen) atoms. The fraction of sp³-hybridized carbons (Fsp3) is 0.500. The molecule has 0 bridgehead atoms. The van der Waals surface area contributed by atoms with Crippen LogP contribution in [0.5, 0.6) is 11.5 Å². The molecule has 0 saturated carbocycles. The van der Waals surface area contributed by atoms with Crippen LogP contribution in [0.4, 0.5) is 0 Å². The van der Waals surface area contributed by atoms with Crippen LogP contribution >= 0.6 is 0 Å². The Morgan fingerprint density at radius 1 is 1.23 bits per heavy atom. The number of carboxylic acid groups (broad SMARTS) is 1. The van der Waals surface area contributed by atoms with Crippen LogP contribution in [0.3, 0.4) is 0 Å². The second-order valence-electron chi connectivity index (χ2n) is 5.69. The number of hydrogen-bond donors (Lipinski definition) is 1. The Hall–Kier alpha value is -2.08. The number of piperidine rings is 1. The first-order chi connectivity index (χ1) is 10.6. The molecular formula is C16H19NO5. The molecule has 1 N–H and O–H groups in total. The number of ketones is 1. The number of hydrogen-bond acceptors (Lipinski definition) is 5. The number of aliphatic carboxylic acids is 1. The van der Waals surface area contributed by atoms with E-state index in [0.717, 1.165) is 13.0 Å². The van der Waals surface area contributed by atoms with Crippen molar-refractivity contribution < 1.29 is 24.2 Å². The van der Waals surface area contributed by atoms with E-state index in [9.17, 15) is 9.59 Å². The van der Waals surface area contributed by atoms with Crippen molar-refractivity contribution in [1.82, 2.24) is 4.90 Å². The molecule has 1 saturated heterocycles. The van der Waals surface area contributed by atoms with E-state index in [0.29, 0.717) is 43.2 Å². The topological polar surface area (TPSA) is 76.1 Å². The average Bonchev–Trinajstić information content (AvgIpc) is 2.54. The van der Waals surface area contributed by atoms with Crippen LogP contribution in [0.2, 0.25) is 0 Å². The second-order valence-corrected chi connectivity index (χ2v) is 5.69. The lowest BCUT2D eigenvalue weighted by Crippen LogP contribution is -2.41. The lowest BCUT2D eigenvalue weighted by Gasteiger charge is -2.30. The number of likely N-dealkylation sites (tertiary alicyclic amines) is 1. The summed E-state index contributed by atoms with van der Waals surface area (Å²) in [6, 6.07) is 5.18. The van der Waals surface area contributed by atoms with Crippen LogP contribution in [-0.4, -0.2) is 54.6 Å². The molecule has 1 atom stereocenters. The van der Waals surface area contributed by atoms with Crippen molar-refractivity contribution in [2.75, 3.05) is 32.8 Å². The maximum absolute atomic E-state index is 12.4. The Labute approximate surface area is 128 Å². The molecular weight excluding hydrogens is 286 g/mol. The normalized spacial score (nSPS) is 21.4. The predicted molar refractivity (Wildman–Crippen MR) is 78.6 cm³/mol. The molecule has 0 amide bonds. The highest BCUT2D eigenvalue weighted by Crippen LogP contribution is 2.31. The van der Waals surface area contributed by atoms with Crippen LogP contribution in [0, 0.1) is 5.92 Å². The third-order valence-electron chi connectivity index (χ3n) is 4.09. The second kappa shape index (κ2) is 6.36. The average molecular weight is 305 g/mol. The molecule has 1 aromatic rings. The largest absolute Gasteiger partial charge is 0.486 e. The highest BCUT2D eigenvalue weighted by molar-refractivity contribution is 5.98. The Morgan fingerprint density at radius 2 is 2.00 bits per heavy atom. The number of carbonyl (C=O) groups excluding carboxylic acids is 1. The maximum atomic E-state index is 12.4. The molecule has 1 aromatic carbocycles. The van der Waals surface area contributed by atoms with Crippen LogP contribution in [0.15, 0.2) is 18.2 Å². The minimum absolute atomic E-state index is 0.0250. The van der Waals surface area contributed by atoms with Gasteiger partial charge in [0.15, 0.2) is 17.3 Å². The van der Waals surface area contributed by atoms with Crippen LogP contribution in [0.25, 0.3) is 0 Å². The molecule has 6 heteroatoms. The number of carboxylic acids is 1. The summed E-state index contributed by atoms with van der Waals surface area (Å²) in [5.41, 5.74) is 0.571. The van der Waals surface area contributed by atoms with E-state index in [1.165, 1.54) is 0 Å². The first-order valence-corrected chi connectivity index (χ1v) is 7.51. The van der Waals surface area contributed by atoms with Gasteiger partial charge in [0, 0.05) is 12.1 Å². The van der Waals surface area contributed by atoms with Crippen molar-refractivity contribution in [3.8, 4) is 11.5 Å². The van der Waals surface area contributed by atoms with Gasteiger partial charge in [0.25, 0.3) is 0 Å². The molecule has 0 radical (unpaired) electrons. The lowest BCUT2D eigenvalue weighted by atomic mass is 9.97. The molecule has 1 fully saturated rings. The fourth-order valence-corrected chi connectivity index (χ4v) is 2.91. The molecule has 0 spiro atoms. The number of Topliss-reactive ketones (excluding diaryl/α,β-unsaturated/α-hetero) is 1. The van der Waals surface area contributed by atoms with Gasteiger partial charge in [-0.25, -0.2) is 0 Å². The van der Waals surface area contributed by atoms with E-state index >= 15 is 0 Å². The number of carbonyl (C=O) groups is 2. The van der Waals surface area contributed by atoms with Gasteiger partial charge in [0.2, 0.25) is 0 Å². The minimum atomic E-state index is -0.781. The molecule has 2 aliphatic rings. The Kier molecular flexibility index (Phi) is 4.29. The van der Waals surface area contributed by atoms with Crippen molar-refractivity contribution in [3.63, 3.8) is 0 Å². The monoisotopic (exact) mass is 305 g/mol. The summed E-state index contributed by atoms with van der Waals surface area (Å²) in [5, 5.41) is 9.10. The molecule has 3 rings (SSSR count). The van der Waals surface area contributed by atoms with Crippen molar-refractivity contribution in [1.29, 1.82) is 0 Å². The summed E-state index contributed by atoms with van der Waals surface area (Å²) in [6.45, 7) is 2.44. The Balaban J connectivity index is 1.65. The maximum Gasteiger partial charge on any atom is 0.307 e. The van der Waals surface area contributed by atoms with Gasteiger partial charge < -0.3 is 14.6 Å². The highest BCUT2D eigenvalue weighted by Gasteiger charge is 2.26. The summed E-state index contributed by atoms with van der Waals surface area (Å²) in [5.74, 6) is 0.0761. The number of rotatable bonds is 4. The van der Waals surface area contributed by atoms with E-state index in [1.54, 1.807) is 18.2 Å². The van der Waals surface area contributed by atoms with Crippen LogP contribution in [0.1, 0.15) is 23.2 Å². The molecule has 2 aliphatic heterocycles. The SMILES string of the molecule is O=C(CN1CCCC(C(=O)O)C1)c1ccc2c(c1)OCCO2. The zero-order valence-corrected chi connectivity index (χ0v) is 12.3. The van der Waals surface area contributed by atoms with Gasteiger partial charge in [-0.2, -0.15) is 0 Å². The smallest absolute Gasteiger partial charge is 0.307 e. The Bertz CT molecular complexity index is 586. The molecule has 1 unspecified atom stereocenters. The van der Waals surface area contributed by atoms with Crippen molar-refractivity contribution in [2.45, 2.75) is 12.8 Å². The fourth-order valence-electron chi connectivity index (χ4n) is 2.91. The van der Waals surface area contributed by atoms with Gasteiger partial charge in [-0.05, 0) is 37.6 Å². The van der Waals surface area contributed by atoms with Gasteiger partial charge in [-0.1, -0.05) is 0 Å². The molecule has 118 valence electrons. The number of benzene rings is 1. The van der Waals surface area contributed by atoms with E-state index in [1.807, 2.05) is 4.90 Å². The summed E-state index contributed by atoms with van der Waals surface area (Å²) >= 11 is 0. The number of fused-ring (bicyclic) bond motifs is 1. The van der Waals surface area contributed by atoms with E-state index in [-0.39, 0.29) is 18.2 Å². The zero-order valence-electron chi connectivity index (χ0n) is 12.3. The lowest BCUT2D eigenvalue weighted by molar-refractivity contribution is -0.143. The molecule has 6 nitrogen and oxygen atoms in total. The van der Waals surface area contributed by atoms with Gasteiger partial charge in [-0.15, -0.1) is 0 Å². The molecule has 0 aliphatic carbocycles. The van der Waals surface area contributed by atoms with Crippen LogP contribution in [-0.2, 0) is 4.79 Å². The van der Waals surface area contributed by atoms with Crippen LogP contribution < -0.4 is 9.47 Å². The summed E-state index contributed by atoms with van der Waals surface area (Å²) in [6.07, 6.45) is 1.50. The predicted octanol–water partition coefficient (Wildman–Crippen LogP) is 1.44. The number of nitrogens with zero attached hydrogens (tertiary/aromatic N) is 1. The first kappa shape index (κ1) is 14.8. The van der Waals surface area contributed by atoms with Crippen molar-refractivity contribution in [3.05, 3.63) is 23.8 Å². The first-order valence-electron chi connectivity index (χ1n) is 7.51. The van der Waals surface area contributed by atoms with Gasteiger partial charge in [0.05, 0.1) is 12.5 Å². The van der Waals surface area contributed by atoms with Gasteiger partial charge in [0.1, 0.15) is 13.2 Å². The van der Waals surface area contributed by atoms with E-state index in [2.05, 4.69) is 0 Å². The molecule has 2 heterocycles.